The Morgan fingerprint density at radius 1 is 1.00 bits per heavy atom. The van der Waals surface area contributed by atoms with Gasteiger partial charge in [-0.25, -0.2) is 23.5 Å². The number of carboxylic acid groups (broad SMARTS) is 1. The SMILES string of the molecule is CC(Oc1ccc(F)c(C(N)=O)c1F)C(C(=O)O)(c1nc(-c2ccc(C(F)(F)F)cc2)c(Br)o1)N1C(=O)c2ccccc2C1=O. The molecule has 1 aliphatic heterocycles. The first-order valence-corrected chi connectivity index (χ1v) is 13.4. The minimum absolute atomic E-state index is 0.00998. The van der Waals surface area contributed by atoms with Crippen LogP contribution in [0.1, 0.15) is 49.5 Å². The number of benzene rings is 3. The van der Waals surface area contributed by atoms with Gasteiger partial charge in [0, 0.05) is 5.56 Å². The summed E-state index contributed by atoms with van der Waals surface area (Å²) < 4.78 is 79.6. The first-order valence-electron chi connectivity index (χ1n) is 12.6. The lowest BCUT2D eigenvalue weighted by Gasteiger charge is -2.38. The van der Waals surface area contributed by atoms with E-state index < -0.39 is 75.9 Å². The molecule has 232 valence electrons. The number of rotatable bonds is 8. The van der Waals surface area contributed by atoms with Gasteiger partial charge in [0.05, 0.1) is 16.7 Å². The van der Waals surface area contributed by atoms with Crippen molar-refractivity contribution in [3.8, 4) is 17.0 Å². The van der Waals surface area contributed by atoms with Gasteiger partial charge in [-0.15, -0.1) is 0 Å². The van der Waals surface area contributed by atoms with Gasteiger partial charge < -0.3 is 20.0 Å². The summed E-state index contributed by atoms with van der Waals surface area (Å²) in [6.45, 7) is 1.01. The van der Waals surface area contributed by atoms with Gasteiger partial charge in [0.25, 0.3) is 23.3 Å². The number of nitrogens with zero attached hydrogens (tertiary/aromatic N) is 2. The number of hydrogen-bond donors (Lipinski definition) is 2. The van der Waals surface area contributed by atoms with Gasteiger partial charge in [0.1, 0.15) is 23.2 Å². The van der Waals surface area contributed by atoms with E-state index in [1.165, 1.54) is 24.3 Å². The Morgan fingerprint density at radius 3 is 2.09 bits per heavy atom. The Bertz CT molecular complexity index is 1860. The van der Waals surface area contributed by atoms with Crippen LogP contribution >= 0.6 is 15.9 Å². The third kappa shape index (κ3) is 5.00. The van der Waals surface area contributed by atoms with E-state index in [2.05, 4.69) is 20.9 Å². The summed E-state index contributed by atoms with van der Waals surface area (Å²) in [5.41, 5.74) is -0.762. The average Bonchev–Trinajstić information content (AvgIpc) is 3.48. The molecule has 10 nitrogen and oxygen atoms in total. The van der Waals surface area contributed by atoms with E-state index >= 15 is 4.39 Å². The fraction of sp³-hybridized carbons (Fsp3) is 0.138. The smallest absolute Gasteiger partial charge is 0.416 e. The fourth-order valence-corrected chi connectivity index (χ4v) is 5.38. The summed E-state index contributed by atoms with van der Waals surface area (Å²) in [5.74, 6) is -10.4. The molecule has 0 aliphatic carbocycles. The van der Waals surface area contributed by atoms with Gasteiger partial charge >= 0.3 is 12.1 Å². The van der Waals surface area contributed by atoms with E-state index in [0.717, 1.165) is 37.3 Å². The molecular formula is C29H17BrF5N3O7. The van der Waals surface area contributed by atoms with Gasteiger partial charge in [0.2, 0.25) is 5.89 Å². The van der Waals surface area contributed by atoms with Crippen molar-refractivity contribution in [3.63, 3.8) is 0 Å². The summed E-state index contributed by atoms with van der Waals surface area (Å²) in [5, 5.41) is 10.8. The highest BCUT2D eigenvalue weighted by Crippen LogP contribution is 2.44. The number of carboxylic acids is 1. The Labute approximate surface area is 257 Å². The van der Waals surface area contributed by atoms with Gasteiger partial charge in [-0.2, -0.15) is 13.2 Å². The van der Waals surface area contributed by atoms with Crippen molar-refractivity contribution in [3.05, 3.63) is 105 Å². The van der Waals surface area contributed by atoms with Gasteiger partial charge in [0.15, 0.2) is 16.2 Å². The minimum atomic E-state index is -4.66. The number of hydrogen-bond acceptors (Lipinski definition) is 7. The average molecular weight is 694 g/mol. The van der Waals surface area contributed by atoms with Gasteiger partial charge in [-0.3, -0.25) is 14.4 Å². The van der Waals surface area contributed by atoms with E-state index in [1.807, 2.05) is 0 Å². The number of nitrogens with two attached hydrogens (primary N) is 1. The van der Waals surface area contributed by atoms with Crippen molar-refractivity contribution in [2.75, 3.05) is 0 Å². The molecule has 5 rings (SSSR count). The van der Waals surface area contributed by atoms with Crippen LogP contribution in [0.25, 0.3) is 11.3 Å². The number of primary amides is 1. The number of carbonyl (C=O) groups excluding carboxylic acids is 3. The molecule has 0 saturated heterocycles. The maximum atomic E-state index is 15.2. The van der Waals surface area contributed by atoms with Crippen molar-refractivity contribution >= 4 is 39.6 Å². The number of imide groups is 1. The van der Waals surface area contributed by atoms with Crippen LogP contribution in [0.4, 0.5) is 22.0 Å². The van der Waals surface area contributed by atoms with E-state index in [9.17, 15) is 41.8 Å². The summed E-state index contributed by atoms with van der Waals surface area (Å²) in [6, 6.07) is 10.2. The summed E-state index contributed by atoms with van der Waals surface area (Å²) in [4.78, 5) is 56.7. The number of aliphatic carboxylic acids is 1. The molecule has 3 aromatic carbocycles. The summed E-state index contributed by atoms with van der Waals surface area (Å²) >= 11 is 3.06. The predicted molar refractivity (Wildman–Crippen MR) is 146 cm³/mol. The standard InChI is InChI=1S/C29H17BrF5N3O7/c1-12(44-18-11-10-17(31)19(20(18)32)23(36)39)28(27(42)43,38-24(40)15-4-2-3-5-16(15)25(38)41)26-37-21(22(30)45-26)13-6-8-14(9-7-13)29(33,34)35/h2-12H,1H3,(H2,36,39)(H,42,43). The van der Waals surface area contributed by atoms with Crippen molar-refractivity contribution < 1.29 is 55.4 Å². The van der Waals surface area contributed by atoms with Crippen LogP contribution in [0.5, 0.6) is 5.75 Å². The number of fused-ring (bicyclic) bond motifs is 1. The Balaban J connectivity index is 1.71. The monoisotopic (exact) mass is 693 g/mol. The van der Waals surface area contributed by atoms with Crippen LogP contribution < -0.4 is 10.5 Å². The van der Waals surface area contributed by atoms with Crippen LogP contribution in [-0.4, -0.2) is 44.8 Å². The van der Waals surface area contributed by atoms with Crippen LogP contribution in [0.2, 0.25) is 0 Å². The molecule has 0 spiro atoms. The minimum Gasteiger partial charge on any atom is -0.484 e. The molecule has 4 aromatic rings. The molecule has 3 N–H and O–H groups in total. The molecule has 0 fully saturated rings. The van der Waals surface area contributed by atoms with E-state index in [1.54, 1.807) is 0 Å². The number of oxazole rings is 1. The molecule has 1 aliphatic rings. The lowest BCUT2D eigenvalue weighted by atomic mass is 9.90. The topological polar surface area (TPSA) is 153 Å². The summed E-state index contributed by atoms with van der Waals surface area (Å²) in [7, 11) is 0. The molecule has 2 heterocycles. The van der Waals surface area contributed by atoms with Gasteiger partial charge in [-0.05, 0) is 59.3 Å². The third-order valence-electron chi connectivity index (χ3n) is 7.06. The number of carbonyl (C=O) groups is 4. The first-order chi connectivity index (χ1) is 21.1. The van der Waals surface area contributed by atoms with E-state index in [0.29, 0.717) is 6.07 Å². The van der Waals surface area contributed by atoms with Crippen LogP contribution in [0.15, 0.2) is 69.8 Å². The zero-order chi connectivity index (χ0) is 33.0. The summed E-state index contributed by atoms with van der Waals surface area (Å²) in [6.07, 6.45) is -6.66. The highest BCUT2D eigenvalue weighted by atomic mass is 79.9. The number of halogens is 6. The maximum Gasteiger partial charge on any atom is 0.416 e. The van der Waals surface area contributed by atoms with Crippen molar-refractivity contribution in [1.82, 2.24) is 9.88 Å². The largest absolute Gasteiger partial charge is 0.484 e. The predicted octanol–water partition coefficient (Wildman–Crippen LogP) is 5.54. The second-order valence-corrected chi connectivity index (χ2v) is 10.4. The molecule has 2 atom stereocenters. The first kappa shape index (κ1) is 31.3. The lowest BCUT2D eigenvalue weighted by Crippen LogP contribution is -2.62. The number of aromatic nitrogens is 1. The molecule has 45 heavy (non-hydrogen) atoms. The normalized spacial score (nSPS) is 15.0. The molecule has 3 amide bonds. The van der Waals surface area contributed by atoms with Crippen LogP contribution in [0.3, 0.4) is 0 Å². The highest BCUT2D eigenvalue weighted by Gasteiger charge is 2.63. The van der Waals surface area contributed by atoms with Crippen LogP contribution in [-0.2, 0) is 16.5 Å². The number of ether oxygens (including phenoxy) is 1. The Morgan fingerprint density at radius 2 is 1.58 bits per heavy atom. The second-order valence-electron chi connectivity index (χ2n) is 9.64. The van der Waals surface area contributed by atoms with Crippen LogP contribution in [0, 0.1) is 11.6 Å². The van der Waals surface area contributed by atoms with Crippen molar-refractivity contribution in [2.24, 2.45) is 5.73 Å². The fourth-order valence-electron chi connectivity index (χ4n) is 4.91. The Hall–Kier alpha value is -5.12. The number of alkyl halides is 3. The lowest BCUT2D eigenvalue weighted by molar-refractivity contribution is -0.157. The van der Waals surface area contributed by atoms with Gasteiger partial charge in [-0.1, -0.05) is 24.3 Å². The molecular weight excluding hydrogens is 677 g/mol. The van der Waals surface area contributed by atoms with E-state index in [4.69, 9.17) is 14.9 Å². The zero-order valence-electron chi connectivity index (χ0n) is 22.5. The van der Waals surface area contributed by atoms with E-state index in [-0.39, 0.29) is 32.0 Å². The third-order valence-corrected chi connectivity index (χ3v) is 7.60. The molecule has 0 radical (unpaired) electrons. The molecule has 1 aromatic heterocycles. The zero-order valence-corrected chi connectivity index (χ0v) is 24.1. The molecule has 16 heteroatoms. The highest BCUT2D eigenvalue weighted by molar-refractivity contribution is 9.10. The van der Waals surface area contributed by atoms with Crippen molar-refractivity contribution in [2.45, 2.75) is 24.7 Å². The molecule has 0 saturated carbocycles. The maximum absolute atomic E-state index is 15.2. The second kappa shape index (κ2) is 11.1. The quantitative estimate of drug-likeness (QED) is 0.180. The Kier molecular flexibility index (Phi) is 7.73. The van der Waals surface area contributed by atoms with Crippen molar-refractivity contribution in [1.29, 1.82) is 0 Å². The molecule has 0 bridgehead atoms. The molecule has 2 unspecified atom stereocenters. The number of amides is 3.